The lowest BCUT2D eigenvalue weighted by molar-refractivity contribution is 0.194. The fraction of sp³-hybridized carbons (Fsp3) is 0.167. The molecule has 0 unspecified atom stereocenters. The van der Waals surface area contributed by atoms with E-state index in [9.17, 15) is 4.79 Å². The molecule has 0 saturated heterocycles. The predicted octanol–water partition coefficient (Wildman–Crippen LogP) is 2.20. The molecule has 0 atom stereocenters. The summed E-state index contributed by atoms with van der Waals surface area (Å²) in [5.74, 6) is 0. The van der Waals surface area contributed by atoms with Gasteiger partial charge in [-0.1, -0.05) is 30.3 Å². The number of nitrogens with one attached hydrogen (secondary N) is 1. The number of carbonyl (C=O) groups is 1. The van der Waals surface area contributed by atoms with Gasteiger partial charge in [0.15, 0.2) is 0 Å². The van der Waals surface area contributed by atoms with Crippen LogP contribution in [0.15, 0.2) is 30.3 Å². The number of benzene rings is 1. The molecular weight excluding hydrogens is 250 g/mol. The average molecular weight is 263 g/mol. The number of amides is 1. The largest absolute Gasteiger partial charge is 0.465 e. The molecule has 0 radical (unpaired) electrons. The third-order valence-corrected chi connectivity index (χ3v) is 3.30. The van der Waals surface area contributed by atoms with E-state index >= 15 is 0 Å². The van der Waals surface area contributed by atoms with Crippen LogP contribution in [-0.4, -0.2) is 22.7 Å². The van der Waals surface area contributed by atoms with Crippen molar-refractivity contribution >= 4 is 22.4 Å². The number of carboxylic acid groups (broad SMARTS) is 1. The zero-order valence-electron chi connectivity index (χ0n) is 9.59. The Hall–Kier alpha value is -2.08. The lowest BCUT2D eigenvalue weighted by atomic mass is 10.2. The molecule has 94 valence electrons. The maximum Gasteiger partial charge on any atom is 0.404 e. The van der Waals surface area contributed by atoms with Gasteiger partial charge in [-0.05, 0) is 0 Å². The number of nitrogens with two attached hydrogens (primary N) is 1. The van der Waals surface area contributed by atoms with Crippen molar-refractivity contribution in [3.63, 3.8) is 0 Å². The number of hydrogen-bond acceptors (Lipinski definition) is 4. The van der Waals surface area contributed by atoms with Gasteiger partial charge in [0.1, 0.15) is 10.7 Å². The van der Waals surface area contributed by atoms with Crippen molar-refractivity contribution in [2.45, 2.75) is 6.42 Å². The summed E-state index contributed by atoms with van der Waals surface area (Å²) in [5.41, 5.74) is 7.67. The van der Waals surface area contributed by atoms with Crippen LogP contribution in [0.1, 0.15) is 5.01 Å². The Morgan fingerprint density at radius 1 is 1.39 bits per heavy atom. The van der Waals surface area contributed by atoms with E-state index in [0.717, 1.165) is 16.3 Å². The van der Waals surface area contributed by atoms with Crippen LogP contribution in [0.4, 0.5) is 9.80 Å². The molecule has 1 aromatic heterocycles. The van der Waals surface area contributed by atoms with Crippen LogP contribution >= 0.6 is 11.3 Å². The summed E-state index contributed by atoms with van der Waals surface area (Å²) < 4.78 is 0. The van der Waals surface area contributed by atoms with Crippen LogP contribution in [0.25, 0.3) is 11.3 Å². The lowest BCUT2D eigenvalue weighted by Crippen LogP contribution is -2.23. The molecule has 0 aliphatic heterocycles. The highest BCUT2D eigenvalue weighted by Gasteiger charge is 2.10. The standard InChI is InChI=1S/C12H13N3O2S/c13-11-10(8-4-2-1-3-5-8)15-9(18-11)6-7-14-12(16)17/h1-5,14H,6-7,13H2,(H,16,17). The van der Waals surface area contributed by atoms with Gasteiger partial charge in [0.25, 0.3) is 0 Å². The Morgan fingerprint density at radius 3 is 2.78 bits per heavy atom. The van der Waals surface area contributed by atoms with E-state index in [1.807, 2.05) is 30.3 Å². The van der Waals surface area contributed by atoms with Gasteiger partial charge in [-0.15, -0.1) is 11.3 Å². The van der Waals surface area contributed by atoms with Crippen molar-refractivity contribution in [1.82, 2.24) is 10.3 Å². The predicted molar refractivity (Wildman–Crippen MR) is 71.7 cm³/mol. The molecule has 1 aromatic carbocycles. The van der Waals surface area contributed by atoms with Gasteiger partial charge in [-0.25, -0.2) is 9.78 Å². The minimum absolute atomic E-state index is 0.344. The zero-order valence-corrected chi connectivity index (χ0v) is 10.4. The van der Waals surface area contributed by atoms with Crippen LogP contribution in [0.5, 0.6) is 0 Å². The molecule has 18 heavy (non-hydrogen) atoms. The maximum atomic E-state index is 10.3. The summed E-state index contributed by atoms with van der Waals surface area (Å²) in [5, 5.41) is 12.3. The Balaban J connectivity index is 2.10. The summed E-state index contributed by atoms with van der Waals surface area (Å²) in [7, 11) is 0. The number of nitrogens with zero attached hydrogens (tertiary/aromatic N) is 1. The minimum atomic E-state index is -1.03. The maximum absolute atomic E-state index is 10.3. The van der Waals surface area contributed by atoms with Crippen molar-refractivity contribution < 1.29 is 9.90 Å². The van der Waals surface area contributed by atoms with Gasteiger partial charge in [0.2, 0.25) is 0 Å². The Labute approximate surface area is 108 Å². The van der Waals surface area contributed by atoms with Crippen molar-refractivity contribution in [2.75, 3.05) is 12.3 Å². The van der Waals surface area contributed by atoms with Crippen molar-refractivity contribution in [3.05, 3.63) is 35.3 Å². The SMILES string of the molecule is Nc1sc(CCNC(=O)O)nc1-c1ccccc1. The summed E-state index contributed by atoms with van der Waals surface area (Å²) >= 11 is 1.39. The van der Waals surface area contributed by atoms with Crippen LogP contribution in [-0.2, 0) is 6.42 Å². The second kappa shape index (κ2) is 5.50. The molecule has 1 heterocycles. The van der Waals surface area contributed by atoms with Crippen molar-refractivity contribution in [2.24, 2.45) is 0 Å². The Morgan fingerprint density at radius 2 is 2.11 bits per heavy atom. The summed E-state index contributed by atoms with van der Waals surface area (Å²) in [6.07, 6.45) is -0.476. The van der Waals surface area contributed by atoms with Crippen LogP contribution < -0.4 is 11.1 Å². The molecule has 2 rings (SSSR count). The van der Waals surface area contributed by atoms with Gasteiger partial charge >= 0.3 is 6.09 Å². The minimum Gasteiger partial charge on any atom is -0.465 e. The second-order valence-electron chi connectivity index (χ2n) is 3.67. The molecule has 6 heteroatoms. The van der Waals surface area contributed by atoms with Crippen LogP contribution in [0.2, 0.25) is 0 Å². The average Bonchev–Trinajstić information content (AvgIpc) is 2.71. The van der Waals surface area contributed by atoms with E-state index in [1.165, 1.54) is 11.3 Å². The van der Waals surface area contributed by atoms with E-state index in [-0.39, 0.29) is 0 Å². The first-order chi connectivity index (χ1) is 8.66. The summed E-state index contributed by atoms with van der Waals surface area (Å²) in [4.78, 5) is 14.8. The van der Waals surface area contributed by atoms with Gasteiger partial charge in [-0.2, -0.15) is 0 Å². The third-order valence-electron chi connectivity index (χ3n) is 2.36. The van der Waals surface area contributed by atoms with E-state index in [0.29, 0.717) is 18.0 Å². The Kier molecular flexibility index (Phi) is 3.78. The molecule has 0 saturated carbocycles. The number of nitrogen functional groups attached to an aromatic ring is 1. The number of rotatable bonds is 4. The van der Waals surface area contributed by atoms with Crippen molar-refractivity contribution in [3.8, 4) is 11.3 Å². The van der Waals surface area contributed by atoms with Crippen LogP contribution in [0, 0.1) is 0 Å². The molecule has 0 aliphatic rings. The number of aromatic nitrogens is 1. The quantitative estimate of drug-likeness (QED) is 0.789. The molecule has 0 aliphatic carbocycles. The molecule has 0 bridgehead atoms. The fourth-order valence-electron chi connectivity index (χ4n) is 1.56. The molecule has 0 spiro atoms. The second-order valence-corrected chi connectivity index (χ2v) is 4.78. The number of thiazole rings is 1. The topological polar surface area (TPSA) is 88.2 Å². The fourth-order valence-corrected chi connectivity index (χ4v) is 2.42. The van der Waals surface area contributed by atoms with E-state index in [2.05, 4.69) is 10.3 Å². The van der Waals surface area contributed by atoms with E-state index in [4.69, 9.17) is 10.8 Å². The zero-order chi connectivity index (χ0) is 13.0. The summed E-state index contributed by atoms with van der Waals surface area (Å²) in [6, 6.07) is 9.69. The molecule has 2 aromatic rings. The van der Waals surface area contributed by atoms with E-state index < -0.39 is 6.09 Å². The lowest BCUT2D eigenvalue weighted by Gasteiger charge is -1.97. The third kappa shape index (κ3) is 2.98. The molecule has 4 N–H and O–H groups in total. The van der Waals surface area contributed by atoms with E-state index in [1.54, 1.807) is 0 Å². The Bertz CT molecular complexity index is 540. The van der Waals surface area contributed by atoms with Crippen LogP contribution in [0.3, 0.4) is 0 Å². The molecular formula is C12H13N3O2S. The number of hydrogen-bond donors (Lipinski definition) is 3. The van der Waals surface area contributed by atoms with Crippen molar-refractivity contribution in [1.29, 1.82) is 0 Å². The smallest absolute Gasteiger partial charge is 0.404 e. The van der Waals surface area contributed by atoms with Gasteiger partial charge < -0.3 is 16.2 Å². The molecule has 5 nitrogen and oxygen atoms in total. The first kappa shape index (κ1) is 12.4. The first-order valence-electron chi connectivity index (χ1n) is 5.44. The summed E-state index contributed by atoms with van der Waals surface area (Å²) in [6.45, 7) is 0.344. The normalized spacial score (nSPS) is 10.2. The molecule has 0 fully saturated rings. The highest BCUT2D eigenvalue weighted by atomic mass is 32.1. The van der Waals surface area contributed by atoms with Gasteiger partial charge in [-0.3, -0.25) is 0 Å². The monoisotopic (exact) mass is 263 g/mol. The highest BCUT2D eigenvalue weighted by Crippen LogP contribution is 2.30. The number of anilines is 1. The van der Waals surface area contributed by atoms with Gasteiger partial charge in [0, 0.05) is 18.5 Å². The van der Waals surface area contributed by atoms with Gasteiger partial charge in [0.05, 0.1) is 5.01 Å². The first-order valence-corrected chi connectivity index (χ1v) is 6.26. The highest BCUT2D eigenvalue weighted by molar-refractivity contribution is 7.16. The molecule has 1 amide bonds.